The zero-order valence-corrected chi connectivity index (χ0v) is 19.9. The highest BCUT2D eigenvalue weighted by Gasteiger charge is 2.23. The Kier molecular flexibility index (Phi) is 6.92. The lowest BCUT2D eigenvalue weighted by Crippen LogP contribution is -2.26. The Hall–Kier alpha value is -3.21. The summed E-state index contributed by atoms with van der Waals surface area (Å²) >= 11 is 0. The summed E-state index contributed by atoms with van der Waals surface area (Å²) in [7, 11) is -6.42. The molecular formula is C23H24N2O6S2. The Morgan fingerprint density at radius 2 is 1.55 bits per heavy atom. The van der Waals surface area contributed by atoms with Crippen molar-refractivity contribution >= 4 is 31.7 Å². The second kappa shape index (κ2) is 9.34. The molecule has 10 heteroatoms. The fourth-order valence-corrected chi connectivity index (χ4v) is 5.80. The number of rotatable bonds is 8. The maximum absolute atomic E-state index is 12.9. The van der Waals surface area contributed by atoms with E-state index in [2.05, 4.69) is 4.72 Å². The van der Waals surface area contributed by atoms with E-state index in [4.69, 9.17) is 0 Å². The number of nitrogens with one attached hydrogen (secondary N) is 1. The van der Waals surface area contributed by atoms with E-state index in [1.807, 2.05) is 30.3 Å². The summed E-state index contributed by atoms with van der Waals surface area (Å²) in [5.41, 5.74) is 1.80. The van der Waals surface area contributed by atoms with Gasteiger partial charge < -0.3 is 5.11 Å². The molecule has 3 aromatic rings. The molecule has 0 saturated heterocycles. The fraction of sp³-hybridized carbons (Fsp3) is 0.174. The summed E-state index contributed by atoms with van der Waals surface area (Å²) in [5.74, 6) is -1.23. The van der Waals surface area contributed by atoms with E-state index in [0.717, 1.165) is 11.6 Å². The van der Waals surface area contributed by atoms with Crippen LogP contribution in [0.15, 0.2) is 76.5 Å². The molecule has 33 heavy (non-hydrogen) atoms. The van der Waals surface area contributed by atoms with Gasteiger partial charge in [0.2, 0.25) is 10.0 Å². The molecule has 0 aliphatic carbocycles. The Labute approximate surface area is 193 Å². The molecule has 0 atom stereocenters. The number of hydrogen-bond acceptors (Lipinski definition) is 5. The molecule has 0 aliphatic heterocycles. The van der Waals surface area contributed by atoms with Crippen LogP contribution >= 0.6 is 0 Å². The van der Waals surface area contributed by atoms with Gasteiger partial charge in [-0.2, -0.15) is 4.31 Å². The quantitative estimate of drug-likeness (QED) is 0.500. The largest absolute Gasteiger partial charge is 0.478 e. The average Bonchev–Trinajstić information content (AvgIpc) is 2.76. The topological polar surface area (TPSA) is 121 Å². The highest BCUT2D eigenvalue weighted by atomic mass is 32.2. The van der Waals surface area contributed by atoms with Crippen LogP contribution in [0.3, 0.4) is 0 Å². The van der Waals surface area contributed by atoms with Gasteiger partial charge in [-0.25, -0.2) is 21.6 Å². The van der Waals surface area contributed by atoms with Gasteiger partial charge in [0.25, 0.3) is 10.0 Å². The minimum absolute atomic E-state index is 0.0174. The molecule has 0 fully saturated rings. The van der Waals surface area contributed by atoms with Gasteiger partial charge in [-0.1, -0.05) is 30.3 Å². The third-order valence-electron chi connectivity index (χ3n) is 5.22. The van der Waals surface area contributed by atoms with E-state index in [9.17, 15) is 26.7 Å². The van der Waals surface area contributed by atoms with Crippen LogP contribution in [0.25, 0.3) is 0 Å². The minimum atomic E-state index is -4.10. The molecule has 0 aromatic heterocycles. The predicted molar refractivity (Wildman–Crippen MR) is 125 cm³/mol. The first-order valence-corrected chi connectivity index (χ1v) is 12.8. The molecule has 0 saturated carbocycles. The van der Waals surface area contributed by atoms with Crippen LogP contribution in [0.4, 0.5) is 5.69 Å². The van der Waals surface area contributed by atoms with Crippen LogP contribution in [-0.4, -0.2) is 39.3 Å². The van der Waals surface area contributed by atoms with Crippen molar-refractivity contribution in [2.45, 2.75) is 30.2 Å². The molecule has 0 aliphatic rings. The molecule has 2 N–H and O–H groups in total. The third-order valence-corrected chi connectivity index (χ3v) is 8.54. The summed E-state index contributed by atoms with van der Waals surface area (Å²) in [5, 5.41) is 9.25. The number of carboxylic acid groups (broad SMARTS) is 1. The minimum Gasteiger partial charge on any atom is -0.478 e. The summed E-state index contributed by atoms with van der Waals surface area (Å²) in [4.78, 5) is 11.2. The first kappa shape index (κ1) is 24.4. The van der Waals surface area contributed by atoms with Gasteiger partial charge in [0.1, 0.15) is 0 Å². The number of carbonyl (C=O) groups is 1. The molecule has 0 unspecified atom stereocenters. The van der Waals surface area contributed by atoms with E-state index < -0.39 is 26.0 Å². The number of nitrogens with zero attached hydrogens (tertiary/aromatic N) is 1. The molecule has 0 radical (unpaired) electrons. The van der Waals surface area contributed by atoms with E-state index in [0.29, 0.717) is 11.1 Å². The van der Waals surface area contributed by atoms with E-state index in [1.54, 1.807) is 13.8 Å². The number of benzene rings is 3. The molecule has 0 amide bonds. The second-order valence-corrected chi connectivity index (χ2v) is 11.3. The molecule has 8 nitrogen and oxygen atoms in total. The monoisotopic (exact) mass is 488 g/mol. The highest BCUT2D eigenvalue weighted by Crippen LogP contribution is 2.25. The summed E-state index contributed by atoms with van der Waals surface area (Å²) in [6.45, 7) is 3.41. The predicted octanol–water partition coefficient (Wildman–Crippen LogP) is 3.62. The number of sulfonamides is 2. The molecular weight excluding hydrogens is 464 g/mol. The van der Waals surface area contributed by atoms with Crippen molar-refractivity contribution in [1.29, 1.82) is 0 Å². The van der Waals surface area contributed by atoms with Gasteiger partial charge in [-0.3, -0.25) is 4.72 Å². The zero-order valence-electron chi connectivity index (χ0n) is 18.3. The Balaban J connectivity index is 1.84. The van der Waals surface area contributed by atoms with Crippen molar-refractivity contribution in [3.05, 3.63) is 89.0 Å². The number of anilines is 1. The van der Waals surface area contributed by atoms with Gasteiger partial charge >= 0.3 is 5.97 Å². The second-order valence-electron chi connectivity index (χ2n) is 7.60. The van der Waals surface area contributed by atoms with Gasteiger partial charge in [0, 0.05) is 19.3 Å². The van der Waals surface area contributed by atoms with E-state index >= 15 is 0 Å². The van der Waals surface area contributed by atoms with Crippen LogP contribution in [-0.2, 0) is 26.6 Å². The lowest BCUT2D eigenvalue weighted by Gasteiger charge is -2.18. The van der Waals surface area contributed by atoms with E-state index in [-0.39, 0.29) is 27.6 Å². The maximum atomic E-state index is 12.9. The summed E-state index contributed by atoms with van der Waals surface area (Å²) in [6.07, 6.45) is 0. The lowest BCUT2D eigenvalue weighted by atomic mass is 10.1. The van der Waals surface area contributed by atoms with Crippen molar-refractivity contribution in [2.24, 2.45) is 0 Å². The first-order valence-electron chi connectivity index (χ1n) is 9.89. The normalized spacial score (nSPS) is 12.0. The Morgan fingerprint density at radius 1 is 0.939 bits per heavy atom. The number of aryl methyl sites for hydroxylation is 1. The van der Waals surface area contributed by atoms with Gasteiger partial charge in [0.15, 0.2) is 0 Å². The number of aromatic carboxylic acids is 1. The third kappa shape index (κ3) is 5.41. The first-order chi connectivity index (χ1) is 15.4. The molecule has 0 bridgehead atoms. The Bertz CT molecular complexity index is 1380. The smallest absolute Gasteiger partial charge is 0.335 e. The molecule has 3 rings (SSSR count). The Morgan fingerprint density at radius 3 is 2.12 bits per heavy atom. The van der Waals surface area contributed by atoms with Gasteiger partial charge in [0.05, 0.1) is 15.4 Å². The zero-order chi connectivity index (χ0) is 24.4. The summed E-state index contributed by atoms with van der Waals surface area (Å²) < 4.78 is 55.2. The molecule has 0 spiro atoms. The lowest BCUT2D eigenvalue weighted by molar-refractivity contribution is 0.0696. The van der Waals surface area contributed by atoms with Crippen molar-refractivity contribution in [1.82, 2.24) is 4.31 Å². The van der Waals surface area contributed by atoms with Crippen LogP contribution < -0.4 is 4.72 Å². The number of hydrogen-bond donors (Lipinski definition) is 2. The highest BCUT2D eigenvalue weighted by molar-refractivity contribution is 7.92. The summed E-state index contributed by atoms with van der Waals surface area (Å²) in [6, 6.07) is 17.0. The van der Waals surface area contributed by atoms with Gasteiger partial charge in [-0.15, -0.1) is 0 Å². The maximum Gasteiger partial charge on any atom is 0.335 e. The van der Waals surface area contributed by atoms with Crippen LogP contribution in [0.2, 0.25) is 0 Å². The van der Waals surface area contributed by atoms with Crippen LogP contribution in [0, 0.1) is 13.8 Å². The van der Waals surface area contributed by atoms with Crippen molar-refractivity contribution in [2.75, 3.05) is 11.8 Å². The van der Waals surface area contributed by atoms with E-state index in [1.165, 1.54) is 41.7 Å². The number of carboxylic acids is 1. The van der Waals surface area contributed by atoms with Crippen molar-refractivity contribution < 1.29 is 26.7 Å². The van der Waals surface area contributed by atoms with Crippen LogP contribution in [0.5, 0.6) is 0 Å². The molecule has 3 aromatic carbocycles. The molecule has 0 heterocycles. The van der Waals surface area contributed by atoms with Gasteiger partial charge in [-0.05, 0) is 66.9 Å². The average molecular weight is 489 g/mol. The van der Waals surface area contributed by atoms with Crippen molar-refractivity contribution in [3.63, 3.8) is 0 Å². The standard InChI is InChI=1S/C23H24N2O6S2/c1-16-13-19(23(26)27)14-22(17(16)2)32(28,29)24-20-9-11-21(12-10-20)33(30,31)25(3)15-18-7-5-4-6-8-18/h4-14,24H,15H2,1-3H3,(H,26,27). The fourth-order valence-electron chi connectivity index (χ4n) is 3.24. The van der Waals surface area contributed by atoms with Crippen LogP contribution in [0.1, 0.15) is 27.0 Å². The SMILES string of the molecule is Cc1cc(C(=O)O)cc(S(=O)(=O)Nc2ccc(S(=O)(=O)N(C)Cc3ccccc3)cc2)c1C. The van der Waals surface area contributed by atoms with Crippen molar-refractivity contribution in [3.8, 4) is 0 Å². The molecule has 174 valence electrons.